The Balaban J connectivity index is 0.00000208. The van der Waals surface area contributed by atoms with Crippen LogP contribution in [0.25, 0.3) is 0 Å². The topological polar surface area (TPSA) is 66.8 Å². The minimum atomic E-state index is -0.816. The minimum absolute atomic E-state index is 0. The quantitative estimate of drug-likeness (QED) is 0.820. The van der Waals surface area contributed by atoms with Crippen LogP contribution >= 0.6 is 28.3 Å². The zero-order valence-electron chi connectivity index (χ0n) is 13.2. The molecule has 2 heterocycles. The van der Waals surface area contributed by atoms with Crippen molar-refractivity contribution in [3.63, 3.8) is 0 Å². The third-order valence-corrected chi connectivity index (χ3v) is 5.45. The van der Waals surface area contributed by atoms with E-state index in [0.717, 1.165) is 10.0 Å². The average Bonchev–Trinajstić information content (AvgIpc) is 3.05. The molecule has 0 bridgehead atoms. The molecule has 1 aromatic carbocycles. The van der Waals surface area contributed by atoms with Crippen molar-refractivity contribution in [1.29, 1.82) is 0 Å². The second-order valence-electron chi connectivity index (χ2n) is 6.28. The normalized spacial score (nSPS) is 22.7. The molecule has 1 unspecified atom stereocenters. The van der Waals surface area contributed by atoms with Gasteiger partial charge in [-0.05, 0) is 37.0 Å². The second kappa shape index (κ2) is 7.85. The molecular weight excluding hydrogens is 398 g/mol. The molecule has 0 aliphatic carbocycles. The summed E-state index contributed by atoms with van der Waals surface area (Å²) in [4.78, 5) is 26.2. The lowest BCUT2D eigenvalue weighted by molar-refractivity contribution is -0.143. The van der Waals surface area contributed by atoms with Crippen molar-refractivity contribution in [3.8, 4) is 0 Å². The van der Waals surface area contributed by atoms with Gasteiger partial charge in [-0.2, -0.15) is 0 Å². The third kappa shape index (κ3) is 3.60. The van der Waals surface area contributed by atoms with Gasteiger partial charge in [-0.15, -0.1) is 12.4 Å². The number of amides is 1. The van der Waals surface area contributed by atoms with Crippen LogP contribution in [0.5, 0.6) is 0 Å². The number of carbonyl (C=O) groups is 2. The van der Waals surface area contributed by atoms with Crippen molar-refractivity contribution in [1.82, 2.24) is 4.90 Å². The summed E-state index contributed by atoms with van der Waals surface area (Å²) in [6.07, 6.45) is 1.80. The maximum Gasteiger partial charge on any atom is 0.308 e. The van der Waals surface area contributed by atoms with Gasteiger partial charge >= 0.3 is 5.97 Å². The van der Waals surface area contributed by atoms with Crippen LogP contribution in [-0.2, 0) is 19.7 Å². The molecule has 5 nitrogen and oxygen atoms in total. The van der Waals surface area contributed by atoms with Crippen molar-refractivity contribution in [2.45, 2.75) is 24.7 Å². The third-order valence-electron chi connectivity index (χ3n) is 4.96. The number of hydrogen-bond donors (Lipinski definition) is 1. The number of aliphatic carboxylic acids is 1. The smallest absolute Gasteiger partial charge is 0.308 e. The van der Waals surface area contributed by atoms with Crippen molar-refractivity contribution in [3.05, 3.63) is 34.3 Å². The Bertz CT molecular complexity index is 618. The van der Waals surface area contributed by atoms with E-state index in [-0.39, 0.29) is 18.3 Å². The zero-order valence-corrected chi connectivity index (χ0v) is 15.6. The summed E-state index contributed by atoms with van der Waals surface area (Å²) in [6.45, 7) is 1.93. The van der Waals surface area contributed by atoms with Crippen molar-refractivity contribution >= 4 is 40.2 Å². The van der Waals surface area contributed by atoms with Gasteiger partial charge in [0.2, 0.25) is 5.91 Å². The van der Waals surface area contributed by atoms with Crippen LogP contribution in [0.2, 0.25) is 0 Å². The zero-order chi connectivity index (χ0) is 16.4. The first-order valence-corrected chi connectivity index (χ1v) is 8.68. The number of halogens is 2. The van der Waals surface area contributed by atoms with Crippen molar-refractivity contribution < 1.29 is 19.4 Å². The highest BCUT2D eigenvalue weighted by molar-refractivity contribution is 9.10. The van der Waals surface area contributed by atoms with E-state index in [1.807, 2.05) is 24.3 Å². The van der Waals surface area contributed by atoms with Gasteiger partial charge in [0, 0.05) is 30.8 Å². The number of hydrogen-bond acceptors (Lipinski definition) is 3. The van der Waals surface area contributed by atoms with Crippen LogP contribution in [0, 0.1) is 5.92 Å². The van der Waals surface area contributed by atoms with Gasteiger partial charge in [0.25, 0.3) is 0 Å². The van der Waals surface area contributed by atoms with Crippen molar-refractivity contribution in [2.24, 2.45) is 5.92 Å². The Morgan fingerprint density at radius 2 is 2.00 bits per heavy atom. The van der Waals surface area contributed by atoms with E-state index < -0.39 is 17.3 Å². The Morgan fingerprint density at radius 1 is 1.29 bits per heavy atom. The Morgan fingerprint density at radius 3 is 2.58 bits per heavy atom. The van der Waals surface area contributed by atoms with Gasteiger partial charge in [-0.25, -0.2) is 0 Å². The average molecular weight is 419 g/mol. The molecular formula is C17H21BrClNO4. The van der Waals surface area contributed by atoms with E-state index in [4.69, 9.17) is 4.74 Å². The van der Waals surface area contributed by atoms with E-state index >= 15 is 0 Å². The van der Waals surface area contributed by atoms with Crippen LogP contribution in [-0.4, -0.2) is 48.2 Å². The molecule has 0 aromatic heterocycles. The molecule has 132 valence electrons. The van der Waals surface area contributed by atoms with Crippen LogP contribution in [0.3, 0.4) is 0 Å². The van der Waals surface area contributed by atoms with Crippen LogP contribution in [0.1, 0.15) is 24.8 Å². The number of carboxylic acids is 1. The molecule has 2 aliphatic heterocycles. The standard InChI is InChI=1S/C17H20BrNO4.ClH/c18-14-3-1-2-13(10-14)17(5-8-23-9-6-17)16(22)19-7-4-12(11-19)15(20)21;/h1-3,10,12H,4-9,11H2,(H,20,21);1H. The van der Waals surface area contributed by atoms with Crippen molar-refractivity contribution in [2.75, 3.05) is 26.3 Å². The number of benzene rings is 1. The molecule has 2 fully saturated rings. The molecule has 3 rings (SSSR count). The highest BCUT2D eigenvalue weighted by Gasteiger charge is 2.46. The summed E-state index contributed by atoms with van der Waals surface area (Å²) >= 11 is 3.48. The number of ether oxygens (including phenoxy) is 1. The predicted octanol–water partition coefficient (Wildman–Crippen LogP) is 2.85. The minimum Gasteiger partial charge on any atom is -0.481 e. The predicted molar refractivity (Wildman–Crippen MR) is 95.4 cm³/mol. The maximum atomic E-state index is 13.3. The van der Waals surface area contributed by atoms with Gasteiger partial charge in [-0.1, -0.05) is 28.1 Å². The molecule has 1 aromatic rings. The Kier molecular flexibility index (Phi) is 6.28. The number of rotatable bonds is 3. The molecule has 0 spiro atoms. The van der Waals surface area contributed by atoms with E-state index in [1.54, 1.807) is 4.90 Å². The van der Waals surface area contributed by atoms with Crippen LogP contribution < -0.4 is 0 Å². The van der Waals surface area contributed by atoms with Gasteiger partial charge in [0.15, 0.2) is 0 Å². The number of carboxylic acid groups (broad SMARTS) is 1. The first-order chi connectivity index (χ1) is 11.0. The number of nitrogens with zero attached hydrogens (tertiary/aromatic N) is 1. The highest BCUT2D eigenvalue weighted by Crippen LogP contribution is 2.39. The van der Waals surface area contributed by atoms with E-state index in [0.29, 0.717) is 45.6 Å². The lowest BCUT2D eigenvalue weighted by Gasteiger charge is -2.39. The molecule has 0 radical (unpaired) electrons. The van der Waals surface area contributed by atoms with Crippen LogP contribution in [0.15, 0.2) is 28.7 Å². The molecule has 1 amide bonds. The molecule has 1 atom stereocenters. The second-order valence-corrected chi connectivity index (χ2v) is 7.20. The monoisotopic (exact) mass is 417 g/mol. The fraction of sp³-hybridized carbons (Fsp3) is 0.529. The Labute approximate surface area is 155 Å². The first kappa shape index (κ1) is 19.2. The molecule has 2 saturated heterocycles. The van der Waals surface area contributed by atoms with Gasteiger partial charge < -0.3 is 14.7 Å². The lowest BCUT2D eigenvalue weighted by Crippen LogP contribution is -2.49. The molecule has 2 aliphatic rings. The van der Waals surface area contributed by atoms with Gasteiger partial charge in [0.05, 0.1) is 11.3 Å². The number of carbonyl (C=O) groups excluding carboxylic acids is 1. The Hall–Kier alpha value is -1.11. The summed E-state index contributed by atoms with van der Waals surface area (Å²) in [5.41, 5.74) is 0.383. The highest BCUT2D eigenvalue weighted by atomic mass is 79.9. The van der Waals surface area contributed by atoms with E-state index in [2.05, 4.69) is 15.9 Å². The van der Waals surface area contributed by atoms with Crippen LogP contribution in [0.4, 0.5) is 0 Å². The first-order valence-electron chi connectivity index (χ1n) is 7.89. The lowest BCUT2D eigenvalue weighted by atomic mass is 9.73. The molecule has 24 heavy (non-hydrogen) atoms. The van der Waals surface area contributed by atoms with Gasteiger partial charge in [0.1, 0.15) is 0 Å². The SMILES string of the molecule is Cl.O=C(O)C1CCN(C(=O)C2(c3cccc(Br)c3)CCOCC2)C1. The summed E-state index contributed by atoms with van der Waals surface area (Å²) in [5, 5.41) is 9.18. The van der Waals surface area contributed by atoms with Gasteiger partial charge in [-0.3, -0.25) is 9.59 Å². The summed E-state index contributed by atoms with van der Waals surface area (Å²) in [6, 6.07) is 7.86. The largest absolute Gasteiger partial charge is 0.481 e. The van der Waals surface area contributed by atoms with E-state index in [1.165, 1.54) is 0 Å². The fourth-order valence-electron chi connectivity index (χ4n) is 3.58. The molecule has 1 N–H and O–H groups in total. The number of likely N-dealkylation sites (tertiary alicyclic amines) is 1. The molecule has 0 saturated carbocycles. The molecule has 7 heteroatoms. The summed E-state index contributed by atoms with van der Waals surface area (Å²) in [7, 11) is 0. The summed E-state index contributed by atoms with van der Waals surface area (Å²) < 4.78 is 6.42. The maximum absolute atomic E-state index is 13.3. The summed E-state index contributed by atoms with van der Waals surface area (Å²) in [5.74, 6) is -1.22. The fourth-order valence-corrected chi connectivity index (χ4v) is 3.98. The van der Waals surface area contributed by atoms with E-state index in [9.17, 15) is 14.7 Å².